The second-order valence-corrected chi connectivity index (χ2v) is 7.83. The van der Waals surface area contributed by atoms with Crippen LogP contribution < -0.4 is 15.4 Å². The SMILES string of the molecule is CCOC(=O)c1ccc(NC(=O)CC2C(=O)Nc3c(-c4ccc(OC)cc4)c(COC)nn32)cc1. The van der Waals surface area contributed by atoms with Gasteiger partial charge in [0.05, 0.1) is 38.0 Å². The van der Waals surface area contributed by atoms with Gasteiger partial charge in [0, 0.05) is 18.4 Å². The predicted molar refractivity (Wildman–Crippen MR) is 128 cm³/mol. The maximum absolute atomic E-state index is 12.8. The Labute approximate surface area is 202 Å². The Morgan fingerprint density at radius 3 is 2.43 bits per heavy atom. The Kier molecular flexibility index (Phi) is 7.11. The van der Waals surface area contributed by atoms with Crippen LogP contribution in [0, 0.1) is 0 Å². The third-order valence-electron chi connectivity index (χ3n) is 5.54. The van der Waals surface area contributed by atoms with Crippen LogP contribution in [-0.4, -0.2) is 48.4 Å². The summed E-state index contributed by atoms with van der Waals surface area (Å²) in [6, 6.07) is 12.9. The molecule has 0 spiro atoms. The lowest BCUT2D eigenvalue weighted by Crippen LogP contribution is -2.24. The van der Waals surface area contributed by atoms with E-state index in [9.17, 15) is 14.4 Å². The van der Waals surface area contributed by atoms with Crippen molar-refractivity contribution in [3.05, 3.63) is 59.8 Å². The summed E-state index contributed by atoms with van der Waals surface area (Å²) in [7, 11) is 3.16. The normalized spacial score (nSPS) is 14.3. The van der Waals surface area contributed by atoms with Crippen molar-refractivity contribution in [1.29, 1.82) is 0 Å². The van der Waals surface area contributed by atoms with Crippen molar-refractivity contribution in [2.24, 2.45) is 0 Å². The average Bonchev–Trinajstić information content (AvgIpc) is 3.34. The molecule has 1 aliphatic rings. The predicted octanol–water partition coefficient (Wildman–Crippen LogP) is 3.40. The van der Waals surface area contributed by atoms with Gasteiger partial charge in [-0.25, -0.2) is 9.48 Å². The summed E-state index contributed by atoms with van der Waals surface area (Å²) in [5, 5.41) is 10.2. The Balaban J connectivity index is 1.53. The van der Waals surface area contributed by atoms with Gasteiger partial charge < -0.3 is 24.8 Å². The zero-order valence-electron chi connectivity index (χ0n) is 19.7. The van der Waals surface area contributed by atoms with Crippen LogP contribution in [-0.2, 0) is 25.7 Å². The lowest BCUT2D eigenvalue weighted by molar-refractivity contribution is -0.123. The fourth-order valence-corrected chi connectivity index (χ4v) is 3.91. The summed E-state index contributed by atoms with van der Waals surface area (Å²) in [5.41, 5.74) is 3.11. The van der Waals surface area contributed by atoms with Crippen LogP contribution in [0.1, 0.15) is 35.4 Å². The number of rotatable bonds is 9. The number of esters is 1. The second-order valence-electron chi connectivity index (χ2n) is 7.83. The van der Waals surface area contributed by atoms with Crippen molar-refractivity contribution in [3.8, 4) is 16.9 Å². The van der Waals surface area contributed by atoms with Crippen molar-refractivity contribution in [3.63, 3.8) is 0 Å². The Bertz CT molecular complexity index is 1230. The standard InChI is InChI=1S/C25H26N4O6/c1-4-35-25(32)16-5-9-17(10-6-16)26-21(30)13-20-24(31)27-23-22(19(14-33-2)28-29(20)23)15-7-11-18(34-3)12-8-15/h5-12,20H,4,13-14H2,1-3H3,(H,26,30)(H,27,31). The first-order valence-corrected chi connectivity index (χ1v) is 11.1. The van der Waals surface area contributed by atoms with E-state index in [2.05, 4.69) is 15.7 Å². The summed E-state index contributed by atoms with van der Waals surface area (Å²) in [4.78, 5) is 37.3. The first-order valence-electron chi connectivity index (χ1n) is 11.1. The molecule has 10 heteroatoms. The monoisotopic (exact) mass is 478 g/mol. The number of carbonyl (C=O) groups is 3. The average molecular weight is 479 g/mol. The molecule has 0 aliphatic carbocycles. The van der Waals surface area contributed by atoms with Crippen LogP contribution in [0.25, 0.3) is 11.1 Å². The molecule has 10 nitrogen and oxygen atoms in total. The number of amides is 2. The van der Waals surface area contributed by atoms with Gasteiger partial charge >= 0.3 is 5.97 Å². The number of methoxy groups -OCH3 is 2. The summed E-state index contributed by atoms with van der Waals surface area (Å²) < 4.78 is 17.0. The Morgan fingerprint density at radius 1 is 1.09 bits per heavy atom. The van der Waals surface area contributed by atoms with Gasteiger partial charge in [-0.1, -0.05) is 12.1 Å². The number of nitrogens with one attached hydrogen (secondary N) is 2. The lowest BCUT2D eigenvalue weighted by atomic mass is 10.1. The number of nitrogens with zero attached hydrogens (tertiary/aromatic N) is 2. The molecule has 0 fully saturated rings. The molecular weight excluding hydrogens is 452 g/mol. The summed E-state index contributed by atoms with van der Waals surface area (Å²) in [5.74, 6) is 0.109. The second kappa shape index (κ2) is 10.4. The molecule has 0 saturated carbocycles. The molecule has 2 heterocycles. The van der Waals surface area contributed by atoms with Gasteiger partial charge in [-0.15, -0.1) is 0 Å². The molecule has 2 N–H and O–H groups in total. The highest BCUT2D eigenvalue weighted by Crippen LogP contribution is 2.39. The molecule has 0 saturated heterocycles. The minimum Gasteiger partial charge on any atom is -0.497 e. The number of anilines is 2. The first-order chi connectivity index (χ1) is 16.9. The van der Waals surface area contributed by atoms with E-state index in [1.807, 2.05) is 24.3 Å². The maximum atomic E-state index is 12.8. The largest absolute Gasteiger partial charge is 0.497 e. The summed E-state index contributed by atoms with van der Waals surface area (Å²) in [6.07, 6.45) is -0.116. The van der Waals surface area contributed by atoms with Crippen molar-refractivity contribution in [2.45, 2.75) is 26.0 Å². The fourth-order valence-electron chi connectivity index (χ4n) is 3.91. The Morgan fingerprint density at radius 2 is 1.80 bits per heavy atom. The van der Waals surface area contributed by atoms with Crippen molar-refractivity contribution in [1.82, 2.24) is 9.78 Å². The molecule has 182 valence electrons. The van der Waals surface area contributed by atoms with Crippen LogP contribution >= 0.6 is 0 Å². The highest BCUT2D eigenvalue weighted by Gasteiger charge is 2.37. The van der Waals surface area contributed by atoms with Crippen LogP contribution in [0.5, 0.6) is 5.75 Å². The molecule has 1 aliphatic heterocycles. The zero-order chi connectivity index (χ0) is 24.9. The fraction of sp³-hybridized carbons (Fsp3) is 0.280. The number of hydrogen-bond donors (Lipinski definition) is 2. The zero-order valence-corrected chi connectivity index (χ0v) is 19.7. The van der Waals surface area contributed by atoms with Crippen LogP contribution in [0.3, 0.4) is 0 Å². The molecule has 2 aromatic carbocycles. The van der Waals surface area contributed by atoms with Crippen molar-refractivity contribution >= 4 is 29.3 Å². The van der Waals surface area contributed by atoms with Gasteiger partial charge in [0.25, 0.3) is 5.91 Å². The number of carbonyl (C=O) groups excluding carboxylic acids is 3. The van der Waals surface area contributed by atoms with Gasteiger partial charge in [0.1, 0.15) is 17.6 Å². The topological polar surface area (TPSA) is 121 Å². The van der Waals surface area contributed by atoms with E-state index in [4.69, 9.17) is 14.2 Å². The van der Waals surface area contributed by atoms with Crippen LogP contribution in [0.15, 0.2) is 48.5 Å². The van der Waals surface area contributed by atoms with E-state index in [0.29, 0.717) is 28.5 Å². The molecule has 35 heavy (non-hydrogen) atoms. The van der Waals surface area contributed by atoms with Gasteiger partial charge in [0.2, 0.25) is 5.91 Å². The van der Waals surface area contributed by atoms with E-state index in [1.54, 1.807) is 50.1 Å². The van der Waals surface area contributed by atoms with Crippen LogP contribution in [0.4, 0.5) is 11.5 Å². The van der Waals surface area contributed by atoms with Gasteiger partial charge in [0.15, 0.2) is 0 Å². The number of aromatic nitrogens is 2. The third kappa shape index (κ3) is 5.02. The van der Waals surface area contributed by atoms with Gasteiger partial charge in [-0.05, 0) is 48.9 Å². The van der Waals surface area contributed by atoms with E-state index >= 15 is 0 Å². The molecule has 2 amide bonds. The lowest BCUT2D eigenvalue weighted by Gasteiger charge is -2.10. The first kappa shape index (κ1) is 24.0. The Hall–Kier alpha value is -4.18. The smallest absolute Gasteiger partial charge is 0.338 e. The number of fused-ring (bicyclic) bond motifs is 1. The number of hydrogen-bond acceptors (Lipinski definition) is 7. The quantitative estimate of drug-likeness (QED) is 0.452. The third-order valence-corrected chi connectivity index (χ3v) is 5.54. The number of ether oxygens (including phenoxy) is 3. The highest BCUT2D eigenvalue weighted by atomic mass is 16.5. The molecule has 3 aromatic rings. The summed E-state index contributed by atoms with van der Waals surface area (Å²) in [6.45, 7) is 2.25. The van der Waals surface area contributed by atoms with E-state index in [-0.39, 0.29) is 31.4 Å². The minimum absolute atomic E-state index is 0.116. The molecule has 1 unspecified atom stereocenters. The van der Waals surface area contributed by atoms with Crippen molar-refractivity contribution < 1.29 is 28.6 Å². The van der Waals surface area contributed by atoms with E-state index < -0.39 is 12.0 Å². The van der Waals surface area contributed by atoms with Gasteiger partial charge in [-0.2, -0.15) is 5.10 Å². The molecule has 0 bridgehead atoms. The summed E-state index contributed by atoms with van der Waals surface area (Å²) >= 11 is 0. The number of benzene rings is 2. The van der Waals surface area contributed by atoms with E-state index in [1.165, 1.54) is 0 Å². The van der Waals surface area contributed by atoms with Crippen LogP contribution in [0.2, 0.25) is 0 Å². The molecule has 1 aromatic heterocycles. The van der Waals surface area contributed by atoms with Gasteiger partial charge in [-0.3, -0.25) is 9.59 Å². The molecule has 4 rings (SSSR count). The van der Waals surface area contributed by atoms with Crippen molar-refractivity contribution in [2.75, 3.05) is 31.5 Å². The molecular formula is C25H26N4O6. The molecule has 0 radical (unpaired) electrons. The molecule has 1 atom stereocenters. The van der Waals surface area contributed by atoms with E-state index in [0.717, 1.165) is 11.1 Å². The highest BCUT2D eigenvalue weighted by molar-refractivity contribution is 6.04. The maximum Gasteiger partial charge on any atom is 0.338 e. The minimum atomic E-state index is -0.814.